The molecule has 4 heteroatoms. The van der Waals surface area contributed by atoms with E-state index in [-0.39, 0.29) is 0 Å². The summed E-state index contributed by atoms with van der Waals surface area (Å²) in [5.41, 5.74) is 7.95. The third-order valence-corrected chi connectivity index (χ3v) is 3.78. The molecule has 0 aliphatic rings. The molecule has 0 unspecified atom stereocenters. The molecule has 0 saturated carbocycles. The molecule has 1 aromatic heterocycles. The van der Waals surface area contributed by atoms with E-state index in [0.29, 0.717) is 13.2 Å². The van der Waals surface area contributed by atoms with E-state index in [1.807, 2.05) is 12.1 Å². The van der Waals surface area contributed by atoms with Crippen molar-refractivity contribution in [1.82, 2.24) is 0 Å². The van der Waals surface area contributed by atoms with Gasteiger partial charge in [0.1, 0.15) is 12.4 Å². The molecule has 0 spiro atoms. The Hall–Kier alpha value is -0.840. The summed E-state index contributed by atoms with van der Waals surface area (Å²) in [6, 6.07) is 8.13. The Bertz CT molecular complexity index is 470. The molecule has 0 aliphatic heterocycles. The van der Waals surface area contributed by atoms with Gasteiger partial charge in [0, 0.05) is 0 Å². The molecule has 0 amide bonds. The van der Waals surface area contributed by atoms with E-state index in [1.165, 1.54) is 5.56 Å². The van der Waals surface area contributed by atoms with Crippen molar-refractivity contribution in [3.8, 4) is 5.75 Å². The van der Waals surface area contributed by atoms with Crippen molar-refractivity contribution in [3.05, 3.63) is 50.6 Å². The lowest BCUT2D eigenvalue weighted by Crippen LogP contribution is -2.05. The molecular formula is C13H14BrNOS. The Morgan fingerprint density at radius 3 is 2.88 bits per heavy atom. The number of nitrogens with two attached hydrogens (primary N) is 1. The van der Waals surface area contributed by atoms with Crippen LogP contribution in [0.4, 0.5) is 0 Å². The summed E-state index contributed by atoms with van der Waals surface area (Å²) in [5.74, 6) is 0.907. The molecule has 0 aliphatic carbocycles. The standard InChI is InChI=1S/C13H14BrNOS/c14-12-3-1-2-11(4-6-15)13(12)16-8-10-5-7-17-9-10/h1-3,5,7,9H,4,6,8,15H2. The summed E-state index contributed by atoms with van der Waals surface area (Å²) in [7, 11) is 0. The van der Waals surface area contributed by atoms with E-state index >= 15 is 0 Å². The van der Waals surface area contributed by atoms with Gasteiger partial charge in [-0.15, -0.1) is 0 Å². The third-order valence-electron chi connectivity index (χ3n) is 2.43. The lowest BCUT2D eigenvalue weighted by atomic mass is 10.1. The van der Waals surface area contributed by atoms with Crippen LogP contribution in [0, 0.1) is 0 Å². The monoisotopic (exact) mass is 311 g/mol. The molecule has 0 saturated heterocycles. The highest BCUT2D eigenvalue weighted by atomic mass is 79.9. The van der Waals surface area contributed by atoms with Gasteiger partial charge in [-0.3, -0.25) is 0 Å². The summed E-state index contributed by atoms with van der Waals surface area (Å²) in [6.07, 6.45) is 0.832. The fraction of sp³-hybridized carbons (Fsp3) is 0.231. The molecule has 0 bridgehead atoms. The second kappa shape index (κ2) is 6.19. The van der Waals surface area contributed by atoms with Crippen LogP contribution in [0.15, 0.2) is 39.5 Å². The average molecular weight is 312 g/mol. The van der Waals surface area contributed by atoms with Gasteiger partial charge in [-0.05, 0) is 62.9 Å². The number of ether oxygens (including phenoxy) is 1. The van der Waals surface area contributed by atoms with Gasteiger partial charge in [0.05, 0.1) is 4.47 Å². The molecule has 2 aromatic rings. The molecular weight excluding hydrogens is 298 g/mol. The van der Waals surface area contributed by atoms with Crippen molar-refractivity contribution in [3.63, 3.8) is 0 Å². The topological polar surface area (TPSA) is 35.2 Å². The Morgan fingerprint density at radius 1 is 1.29 bits per heavy atom. The number of thiophene rings is 1. The lowest BCUT2D eigenvalue weighted by molar-refractivity contribution is 0.301. The van der Waals surface area contributed by atoms with Crippen molar-refractivity contribution in [1.29, 1.82) is 0 Å². The smallest absolute Gasteiger partial charge is 0.137 e. The van der Waals surface area contributed by atoms with Crippen molar-refractivity contribution in [2.45, 2.75) is 13.0 Å². The third kappa shape index (κ3) is 3.31. The van der Waals surface area contributed by atoms with Crippen LogP contribution in [-0.2, 0) is 13.0 Å². The Morgan fingerprint density at radius 2 is 2.18 bits per heavy atom. The first-order valence-electron chi connectivity index (χ1n) is 5.42. The zero-order valence-electron chi connectivity index (χ0n) is 9.36. The maximum Gasteiger partial charge on any atom is 0.137 e. The number of hydrogen-bond acceptors (Lipinski definition) is 3. The van der Waals surface area contributed by atoms with Gasteiger partial charge in [0.15, 0.2) is 0 Å². The molecule has 2 rings (SSSR count). The fourth-order valence-electron chi connectivity index (χ4n) is 1.60. The summed E-state index contributed by atoms with van der Waals surface area (Å²) < 4.78 is 6.85. The number of rotatable bonds is 5. The Labute approximate surface area is 114 Å². The first kappa shape index (κ1) is 12.6. The average Bonchev–Trinajstić information content (AvgIpc) is 2.82. The first-order chi connectivity index (χ1) is 8.31. The van der Waals surface area contributed by atoms with Crippen LogP contribution in [0.25, 0.3) is 0 Å². The Kier molecular flexibility index (Phi) is 4.59. The van der Waals surface area contributed by atoms with Crippen LogP contribution in [-0.4, -0.2) is 6.54 Å². The molecule has 0 fully saturated rings. The van der Waals surface area contributed by atoms with Gasteiger partial charge in [-0.1, -0.05) is 12.1 Å². The van der Waals surface area contributed by atoms with E-state index in [1.54, 1.807) is 11.3 Å². The first-order valence-corrected chi connectivity index (χ1v) is 7.16. The quantitative estimate of drug-likeness (QED) is 0.916. The SMILES string of the molecule is NCCc1cccc(Br)c1OCc1ccsc1. The normalized spacial score (nSPS) is 10.5. The van der Waals surface area contributed by atoms with Crippen LogP contribution in [0.3, 0.4) is 0 Å². The highest BCUT2D eigenvalue weighted by molar-refractivity contribution is 9.10. The van der Waals surface area contributed by atoms with Gasteiger partial charge < -0.3 is 10.5 Å². The van der Waals surface area contributed by atoms with Crippen LogP contribution < -0.4 is 10.5 Å². The zero-order chi connectivity index (χ0) is 12.1. The van der Waals surface area contributed by atoms with Gasteiger partial charge in [-0.2, -0.15) is 11.3 Å². The molecule has 1 heterocycles. The minimum absolute atomic E-state index is 0.601. The van der Waals surface area contributed by atoms with Gasteiger partial charge in [0.2, 0.25) is 0 Å². The van der Waals surface area contributed by atoms with Crippen LogP contribution in [0.1, 0.15) is 11.1 Å². The van der Waals surface area contributed by atoms with Gasteiger partial charge in [0.25, 0.3) is 0 Å². The predicted octanol–water partition coefficient (Wildman–Crippen LogP) is 3.59. The Balaban J connectivity index is 2.13. The zero-order valence-corrected chi connectivity index (χ0v) is 11.8. The molecule has 90 valence electrons. The largest absolute Gasteiger partial charge is 0.487 e. The van der Waals surface area contributed by atoms with Gasteiger partial charge >= 0.3 is 0 Å². The van der Waals surface area contributed by atoms with E-state index in [9.17, 15) is 0 Å². The fourth-order valence-corrected chi connectivity index (χ4v) is 2.77. The van der Waals surface area contributed by atoms with E-state index < -0.39 is 0 Å². The maximum absolute atomic E-state index is 5.87. The van der Waals surface area contributed by atoms with Gasteiger partial charge in [-0.25, -0.2) is 0 Å². The summed E-state index contributed by atoms with van der Waals surface area (Å²) >= 11 is 5.20. The second-order valence-corrected chi connectivity index (χ2v) is 5.32. The molecule has 2 N–H and O–H groups in total. The van der Waals surface area contributed by atoms with Crippen molar-refractivity contribution in [2.75, 3.05) is 6.54 Å². The molecule has 17 heavy (non-hydrogen) atoms. The highest BCUT2D eigenvalue weighted by Crippen LogP contribution is 2.30. The van der Waals surface area contributed by atoms with Crippen LogP contribution >= 0.6 is 27.3 Å². The molecule has 2 nitrogen and oxygen atoms in total. The summed E-state index contributed by atoms with van der Waals surface area (Å²) in [5, 5.41) is 4.15. The van der Waals surface area contributed by atoms with Crippen LogP contribution in [0.5, 0.6) is 5.75 Å². The second-order valence-electron chi connectivity index (χ2n) is 3.69. The number of benzene rings is 1. The van der Waals surface area contributed by atoms with Crippen molar-refractivity contribution in [2.24, 2.45) is 5.73 Å². The van der Waals surface area contributed by atoms with Crippen LogP contribution in [0.2, 0.25) is 0 Å². The number of hydrogen-bond donors (Lipinski definition) is 1. The van der Waals surface area contributed by atoms with Crippen molar-refractivity contribution >= 4 is 27.3 Å². The molecule has 0 radical (unpaired) electrons. The van der Waals surface area contributed by atoms with E-state index in [2.05, 4.69) is 38.8 Å². The number of halogens is 1. The van der Waals surface area contributed by atoms with E-state index in [0.717, 1.165) is 22.2 Å². The number of para-hydroxylation sites is 1. The minimum atomic E-state index is 0.601. The molecule has 1 aromatic carbocycles. The lowest BCUT2D eigenvalue weighted by Gasteiger charge is -2.12. The summed E-state index contributed by atoms with van der Waals surface area (Å²) in [6.45, 7) is 1.23. The minimum Gasteiger partial charge on any atom is -0.487 e. The highest BCUT2D eigenvalue weighted by Gasteiger charge is 2.07. The molecule has 0 atom stereocenters. The van der Waals surface area contributed by atoms with Crippen molar-refractivity contribution < 1.29 is 4.74 Å². The summed E-state index contributed by atoms with van der Waals surface area (Å²) in [4.78, 5) is 0. The predicted molar refractivity (Wildman–Crippen MR) is 75.6 cm³/mol. The van der Waals surface area contributed by atoms with E-state index in [4.69, 9.17) is 10.5 Å². The maximum atomic E-state index is 5.87.